The van der Waals surface area contributed by atoms with E-state index >= 15 is 0 Å². The summed E-state index contributed by atoms with van der Waals surface area (Å²) < 4.78 is 5.71. The summed E-state index contributed by atoms with van der Waals surface area (Å²) in [5.41, 5.74) is 2.96. The van der Waals surface area contributed by atoms with Gasteiger partial charge in [0.15, 0.2) is 0 Å². The Labute approximate surface area is 119 Å². The molecule has 2 aromatic carbocycles. The number of ether oxygens (including phenoxy) is 1. The maximum Gasteiger partial charge on any atom is 0.134 e. The highest BCUT2D eigenvalue weighted by Gasteiger charge is 2.03. The van der Waals surface area contributed by atoms with Gasteiger partial charge in [0, 0.05) is 6.42 Å². The summed E-state index contributed by atoms with van der Waals surface area (Å²) in [4.78, 5) is 11.1. The fourth-order valence-electron chi connectivity index (χ4n) is 1.93. The van der Waals surface area contributed by atoms with Crippen LogP contribution in [0.2, 0.25) is 0 Å². The Morgan fingerprint density at radius 2 is 1.70 bits per heavy atom. The number of hydrogen-bond donors (Lipinski definition) is 0. The van der Waals surface area contributed by atoms with Crippen LogP contribution in [0.1, 0.15) is 24.5 Å². The van der Waals surface area contributed by atoms with E-state index in [1.54, 1.807) is 6.92 Å². The van der Waals surface area contributed by atoms with Crippen LogP contribution in [0.15, 0.2) is 61.2 Å². The number of allylic oxidation sites excluding steroid dienone is 1. The van der Waals surface area contributed by atoms with Gasteiger partial charge >= 0.3 is 0 Å². The van der Waals surface area contributed by atoms with E-state index in [1.807, 2.05) is 54.6 Å². The lowest BCUT2D eigenvalue weighted by molar-refractivity contribution is -0.116. The minimum Gasteiger partial charge on any atom is -0.489 e. The van der Waals surface area contributed by atoms with Crippen LogP contribution in [0.3, 0.4) is 0 Å². The number of carbonyl (C=O) groups is 1. The van der Waals surface area contributed by atoms with E-state index in [0.29, 0.717) is 13.0 Å². The van der Waals surface area contributed by atoms with Gasteiger partial charge in [-0.15, -0.1) is 0 Å². The maximum absolute atomic E-state index is 11.1. The molecule has 102 valence electrons. The molecule has 0 atom stereocenters. The molecule has 0 unspecified atom stereocenters. The number of ketones is 1. The van der Waals surface area contributed by atoms with Gasteiger partial charge in [-0.3, -0.25) is 4.79 Å². The lowest BCUT2D eigenvalue weighted by Crippen LogP contribution is -1.96. The van der Waals surface area contributed by atoms with Gasteiger partial charge in [0.05, 0.1) is 0 Å². The summed E-state index contributed by atoms with van der Waals surface area (Å²) >= 11 is 0. The summed E-state index contributed by atoms with van der Waals surface area (Å²) in [6, 6.07) is 17.7. The first-order valence-electron chi connectivity index (χ1n) is 6.59. The van der Waals surface area contributed by atoms with Crippen molar-refractivity contribution in [1.29, 1.82) is 0 Å². The van der Waals surface area contributed by atoms with Crippen molar-refractivity contribution in [3.8, 4) is 5.75 Å². The van der Waals surface area contributed by atoms with Crippen LogP contribution in [0.4, 0.5) is 0 Å². The van der Waals surface area contributed by atoms with Crippen molar-refractivity contribution in [2.24, 2.45) is 0 Å². The summed E-state index contributed by atoms with van der Waals surface area (Å²) in [7, 11) is 0. The van der Waals surface area contributed by atoms with E-state index in [1.165, 1.54) is 0 Å². The zero-order chi connectivity index (χ0) is 14.4. The molecule has 0 bridgehead atoms. The van der Waals surface area contributed by atoms with E-state index in [9.17, 15) is 4.79 Å². The topological polar surface area (TPSA) is 26.3 Å². The van der Waals surface area contributed by atoms with Crippen molar-refractivity contribution in [3.05, 3.63) is 72.3 Å². The molecule has 0 fully saturated rings. The highest BCUT2D eigenvalue weighted by atomic mass is 16.5. The van der Waals surface area contributed by atoms with Crippen LogP contribution < -0.4 is 4.74 Å². The molecule has 0 amide bonds. The second-order valence-electron chi connectivity index (χ2n) is 4.78. The van der Waals surface area contributed by atoms with Gasteiger partial charge in [-0.2, -0.15) is 0 Å². The van der Waals surface area contributed by atoms with Gasteiger partial charge in [-0.1, -0.05) is 49.0 Å². The van der Waals surface area contributed by atoms with Crippen molar-refractivity contribution in [1.82, 2.24) is 0 Å². The normalized spacial score (nSPS) is 10.1. The fraction of sp³-hybridized carbons (Fsp3) is 0.167. The Balaban J connectivity index is 1.95. The third-order valence-electron chi connectivity index (χ3n) is 2.97. The molecular formula is C18H18O2. The fourth-order valence-corrected chi connectivity index (χ4v) is 1.93. The first kappa shape index (κ1) is 14.1. The molecule has 2 aromatic rings. The molecule has 0 aliphatic heterocycles. The zero-order valence-corrected chi connectivity index (χ0v) is 11.6. The third-order valence-corrected chi connectivity index (χ3v) is 2.97. The molecule has 0 aromatic heterocycles. The molecule has 2 nitrogen and oxygen atoms in total. The predicted molar refractivity (Wildman–Crippen MR) is 81.5 cm³/mol. The summed E-state index contributed by atoms with van der Waals surface area (Å²) in [6.45, 7) is 6.05. The lowest BCUT2D eigenvalue weighted by atomic mass is 10.0. The monoisotopic (exact) mass is 266 g/mol. The number of hydrogen-bond acceptors (Lipinski definition) is 2. The molecule has 0 radical (unpaired) electrons. The van der Waals surface area contributed by atoms with Crippen LogP contribution in [0, 0.1) is 0 Å². The highest BCUT2D eigenvalue weighted by Crippen LogP contribution is 2.20. The Morgan fingerprint density at radius 3 is 2.30 bits per heavy atom. The average Bonchev–Trinajstić information content (AvgIpc) is 2.46. The molecule has 20 heavy (non-hydrogen) atoms. The molecule has 0 aliphatic rings. The van der Waals surface area contributed by atoms with E-state index in [4.69, 9.17) is 4.74 Å². The molecule has 0 spiro atoms. The number of rotatable bonds is 6. The van der Waals surface area contributed by atoms with Crippen molar-refractivity contribution in [3.63, 3.8) is 0 Å². The van der Waals surface area contributed by atoms with Gasteiger partial charge in [-0.25, -0.2) is 0 Å². The van der Waals surface area contributed by atoms with E-state index < -0.39 is 0 Å². The molecule has 0 aliphatic carbocycles. The molecular weight excluding hydrogens is 248 g/mol. The SMILES string of the molecule is C=C(CC(C)=O)c1ccc(OCc2ccccc2)cc1. The third kappa shape index (κ3) is 4.09. The average molecular weight is 266 g/mol. The lowest BCUT2D eigenvalue weighted by Gasteiger charge is -2.08. The van der Waals surface area contributed by atoms with Crippen LogP contribution in [0.5, 0.6) is 5.75 Å². The highest BCUT2D eigenvalue weighted by molar-refractivity contribution is 5.87. The molecule has 0 N–H and O–H groups in total. The largest absolute Gasteiger partial charge is 0.489 e. The van der Waals surface area contributed by atoms with Crippen molar-refractivity contribution < 1.29 is 9.53 Å². The predicted octanol–water partition coefficient (Wildman–Crippen LogP) is 4.26. The van der Waals surface area contributed by atoms with Gasteiger partial charge < -0.3 is 4.74 Å². The summed E-state index contributed by atoms with van der Waals surface area (Å²) in [5.74, 6) is 0.938. The van der Waals surface area contributed by atoms with Crippen LogP contribution in [0.25, 0.3) is 5.57 Å². The second-order valence-corrected chi connectivity index (χ2v) is 4.78. The molecule has 0 saturated carbocycles. The van der Waals surface area contributed by atoms with Crippen LogP contribution in [-0.4, -0.2) is 5.78 Å². The smallest absolute Gasteiger partial charge is 0.134 e. The Hall–Kier alpha value is -2.35. The number of benzene rings is 2. The van der Waals surface area contributed by atoms with E-state index in [-0.39, 0.29) is 5.78 Å². The van der Waals surface area contributed by atoms with Gasteiger partial charge in [0.2, 0.25) is 0 Å². The second kappa shape index (κ2) is 6.71. The molecule has 2 heteroatoms. The number of Topliss-reactive ketones (excluding diaryl/α,β-unsaturated/α-hetero) is 1. The van der Waals surface area contributed by atoms with Crippen LogP contribution >= 0.6 is 0 Å². The van der Waals surface area contributed by atoms with Crippen molar-refractivity contribution in [2.75, 3.05) is 0 Å². The van der Waals surface area contributed by atoms with E-state index in [0.717, 1.165) is 22.4 Å². The first-order chi connectivity index (χ1) is 9.65. The van der Waals surface area contributed by atoms with Crippen molar-refractivity contribution in [2.45, 2.75) is 20.0 Å². The molecule has 0 saturated heterocycles. The first-order valence-corrected chi connectivity index (χ1v) is 6.59. The maximum atomic E-state index is 11.1. The molecule has 2 rings (SSSR count). The van der Waals surface area contributed by atoms with Gasteiger partial charge in [0.25, 0.3) is 0 Å². The summed E-state index contributed by atoms with van der Waals surface area (Å²) in [5, 5.41) is 0. The van der Waals surface area contributed by atoms with Gasteiger partial charge in [-0.05, 0) is 35.8 Å². The molecule has 0 heterocycles. The minimum atomic E-state index is 0.124. The van der Waals surface area contributed by atoms with Gasteiger partial charge in [0.1, 0.15) is 18.1 Å². The minimum absolute atomic E-state index is 0.124. The van der Waals surface area contributed by atoms with Crippen LogP contribution in [-0.2, 0) is 11.4 Å². The van der Waals surface area contributed by atoms with Crippen molar-refractivity contribution >= 4 is 11.4 Å². The van der Waals surface area contributed by atoms with E-state index in [2.05, 4.69) is 6.58 Å². The Morgan fingerprint density at radius 1 is 1.05 bits per heavy atom. The standard InChI is InChI=1S/C18H18O2/c1-14(12-15(2)19)17-8-10-18(11-9-17)20-13-16-6-4-3-5-7-16/h3-11H,1,12-13H2,2H3. The number of carbonyl (C=O) groups excluding carboxylic acids is 1. The zero-order valence-electron chi connectivity index (χ0n) is 11.6. The Kier molecular flexibility index (Phi) is 4.72. The quantitative estimate of drug-likeness (QED) is 0.781. The Bertz CT molecular complexity index is 583. The summed E-state index contributed by atoms with van der Waals surface area (Å²) in [6.07, 6.45) is 0.393.